The third-order valence-corrected chi connectivity index (χ3v) is 9.16. The zero-order chi connectivity index (χ0) is 34.0. The number of aromatic nitrogens is 3. The third kappa shape index (κ3) is 7.58. The van der Waals surface area contributed by atoms with Gasteiger partial charge in [-0.15, -0.1) is 0 Å². The van der Waals surface area contributed by atoms with Crippen molar-refractivity contribution in [2.24, 2.45) is 0 Å². The molecule has 250 valence electrons. The number of nitrogen functional groups attached to an aromatic ring is 1. The number of aliphatic hydroxyl groups is 1. The molecule has 3 atom stereocenters. The first-order chi connectivity index (χ1) is 22.3. The van der Waals surface area contributed by atoms with Crippen LogP contribution in [-0.2, 0) is 35.7 Å². The van der Waals surface area contributed by atoms with Crippen molar-refractivity contribution < 1.29 is 33.0 Å². The summed E-state index contributed by atoms with van der Waals surface area (Å²) in [5.74, 6) is 0.155. The van der Waals surface area contributed by atoms with E-state index in [1.54, 1.807) is 44.4 Å². The number of nitrogens with one attached hydrogen (secondary N) is 1. The summed E-state index contributed by atoms with van der Waals surface area (Å²) < 4.78 is 39.5. The number of pyridine rings is 1. The molecule has 4 N–H and O–H groups in total. The number of esters is 1. The number of benzene rings is 3. The van der Waals surface area contributed by atoms with E-state index in [0.29, 0.717) is 34.4 Å². The quantitative estimate of drug-likeness (QED) is 0.0940. The SMILES string of the molecule is CCOCc1nc2c(N)nc3ccccc3c2n1[C@](O)(CC)CO[P@@](=O)(N[C@@H](C)C(=O)OC(C)(C)C)Oc1ccc2ccccc2c1. The number of rotatable bonds is 13. The van der Waals surface area contributed by atoms with Gasteiger partial charge in [0, 0.05) is 12.0 Å². The van der Waals surface area contributed by atoms with Crippen LogP contribution in [0.15, 0.2) is 66.7 Å². The maximum Gasteiger partial charge on any atom is 0.459 e. The molecule has 47 heavy (non-hydrogen) atoms. The molecule has 2 heterocycles. The number of carbonyl (C=O) groups is 1. The average Bonchev–Trinajstić information content (AvgIpc) is 3.43. The molecule has 0 unspecified atom stereocenters. The summed E-state index contributed by atoms with van der Waals surface area (Å²) in [5, 5.41) is 17.6. The number of ether oxygens (including phenoxy) is 2. The number of anilines is 1. The lowest BCUT2D eigenvalue weighted by atomic mass is 10.1. The standard InChI is InChI=1S/C34H42N5O7P/c1-7-34(41,39-28(20-43-8-2)37-29-30(39)26-15-11-12-16-27(26)36-31(29)35)21-44-47(42,38-22(3)32(40)45-33(4,5)6)46-25-18-17-23-13-9-10-14-24(23)19-25/h9-19,22,41H,7-8,20-21H2,1-6H3,(H2,35,36)(H,38,42)/t22-,34-,47-/m0/s1. The van der Waals surface area contributed by atoms with E-state index < -0.39 is 37.7 Å². The first-order valence-corrected chi connectivity index (χ1v) is 17.1. The van der Waals surface area contributed by atoms with Crippen molar-refractivity contribution in [1.29, 1.82) is 0 Å². The van der Waals surface area contributed by atoms with Crippen LogP contribution in [0.5, 0.6) is 5.75 Å². The number of para-hydroxylation sites is 1. The minimum absolute atomic E-state index is 0.0560. The van der Waals surface area contributed by atoms with Crippen LogP contribution in [0, 0.1) is 0 Å². The summed E-state index contributed by atoms with van der Waals surface area (Å²) in [4.78, 5) is 22.2. The van der Waals surface area contributed by atoms with Gasteiger partial charge >= 0.3 is 13.7 Å². The molecule has 0 aliphatic rings. The predicted molar refractivity (Wildman–Crippen MR) is 182 cm³/mol. The van der Waals surface area contributed by atoms with Gasteiger partial charge in [0.25, 0.3) is 0 Å². The van der Waals surface area contributed by atoms with Gasteiger partial charge in [0.15, 0.2) is 11.5 Å². The third-order valence-electron chi connectivity index (χ3n) is 7.53. The molecule has 5 aromatic rings. The first kappa shape index (κ1) is 34.3. The van der Waals surface area contributed by atoms with Crippen LogP contribution in [0.25, 0.3) is 32.7 Å². The Morgan fingerprint density at radius 1 is 1.04 bits per heavy atom. The number of nitrogens with two attached hydrogens (primary N) is 1. The van der Waals surface area contributed by atoms with Crippen molar-refractivity contribution in [2.75, 3.05) is 18.9 Å². The maximum atomic E-state index is 14.6. The normalized spacial score (nSPS) is 15.4. The topological polar surface area (TPSA) is 160 Å². The van der Waals surface area contributed by atoms with Gasteiger partial charge in [-0.25, -0.2) is 14.5 Å². The number of carbonyl (C=O) groups excluding carboxylic acids is 1. The largest absolute Gasteiger partial charge is 0.459 e. The number of nitrogens with zero attached hydrogens (tertiary/aromatic N) is 3. The molecule has 2 aromatic heterocycles. The fourth-order valence-corrected chi connectivity index (χ4v) is 6.76. The average molecular weight is 664 g/mol. The molecular weight excluding hydrogens is 621 g/mol. The highest BCUT2D eigenvalue weighted by Crippen LogP contribution is 2.47. The van der Waals surface area contributed by atoms with E-state index in [2.05, 4.69) is 10.1 Å². The second-order valence-electron chi connectivity index (χ2n) is 12.3. The molecule has 0 spiro atoms. The minimum Gasteiger partial charge on any atom is -0.459 e. The van der Waals surface area contributed by atoms with Gasteiger partial charge in [0.2, 0.25) is 0 Å². The number of hydrogen-bond donors (Lipinski definition) is 3. The summed E-state index contributed by atoms with van der Waals surface area (Å²) in [7, 11) is -4.37. The zero-order valence-electron chi connectivity index (χ0n) is 27.5. The molecule has 5 rings (SSSR count). The van der Waals surface area contributed by atoms with Crippen LogP contribution in [0.4, 0.5) is 5.82 Å². The Balaban J connectivity index is 1.56. The Morgan fingerprint density at radius 2 is 1.74 bits per heavy atom. The summed E-state index contributed by atoms with van der Waals surface area (Å²) in [6, 6.07) is 19.1. The molecule has 0 amide bonds. The highest BCUT2D eigenvalue weighted by molar-refractivity contribution is 7.52. The molecule has 0 bridgehead atoms. The van der Waals surface area contributed by atoms with E-state index >= 15 is 0 Å². The lowest BCUT2D eigenvalue weighted by molar-refractivity contribution is -0.156. The Labute approximate surface area is 273 Å². The monoisotopic (exact) mass is 663 g/mol. The highest BCUT2D eigenvalue weighted by atomic mass is 31.2. The molecule has 12 nitrogen and oxygen atoms in total. The van der Waals surface area contributed by atoms with Gasteiger partial charge in [-0.05, 0) is 70.0 Å². The zero-order valence-corrected chi connectivity index (χ0v) is 28.4. The number of imidazole rings is 1. The first-order valence-electron chi connectivity index (χ1n) is 15.6. The van der Waals surface area contributed by atoms with E-state index in [-0.39, 0.29) is 24.6 Å². The predicted octanol–water partition coefficient (Wildman–Crippen LogP) is 6.44. The molecule has 0 saturated heterocycles. The Kier molecular flexibility index (Phi) is 9.91. The van der Waals surface area contributed by atoms with Crippen LogP contribution in [0.1, 0.15) is 53.8 Å². The van der Waals surface area contributed by atoms with Crippen molar-refractivity contribution in [1.82, 2.24) is 19.6 Å². The van der Waals surface area contributed by atoms with E-state index in [9.17, 15) is 14.5 Å². The van der Waals surface area contributed by atoms with Gasteiger partial charge < -0.3 is 24.8 Å². The molecule has 0 aliphatic heterocycles. The summed E-state index contributed by atoms with van der Waals surface area (Å²) in [6.07, 6.45) is 0.103. The molecule has 0 radical (unpaired) electrons. The van der Waals surface area contributed by atoms with Gasteiger partial charge in [-0.2, -0.15) is 5.09 Å². The fourth-order valence-electron chi connectivity index (χ4n) is 5.23. The molecule has 0 saturated carbocycles. The van der Waals surface area contributed by atoms with Crippen LogP contribution in [0.2, 0.25) is 0 Å². The Hall–Kier alpha value is -4.06. The van der Waals surface area contributed by atoms with Crippen LogP contribution in [-0.4, -0.2) is 50.5 Å². The molecule has 3 aromatic carbocycles. The molecular formula is C34H42N5O7P. The van der Waals surface area contributed by atoms with Gasteiger partial charge in [-0.1, -0.05) is 55.5 Å². The van der Waals surface area contributed by atoms with Gasteiger partial charge in [0.1, 0.15) is 41.9 Å². The molecule has 0 fully saturated rings. The van der Waals surface area contributed by atoms with E-state index in [1.807, 2.05) is 61.5 Å². The van der Waals surface area contributed by atoms with Crippen molar-refractivity contribution in [3.05, 3.63) is 72.6 Å². The van der Waals surface area contributed by atoms with Crippen molar-refractivity contribution in [2.45, 2.75) is 71.9 Å². The lowest BCUT2D eigenvalue weighted by Gasteiger charge is -2.33. The van der Waals surface area contributed by atoms with Crippen molar-refractivity contribution in [3.63, 3.8) is 0 Å². The minimum atomic E-state index is -4.37. The number of fused-ring (bicyclic) bond motifs is 4. The number of hydrogen-bond acceptors (Lipinski definition) is 10. The lowest BCUT2D eigenvalue weighted by Crippen LogP contribution is -2.42. The van der Waals surface area contributed by atoms with Crippen molar-refractivity contribution in [3.8, 4) is 5.75 Å². The van der Waals surface area contributed by atoms with Gasteiger partial charge in [-0.3, -0.25) is 13.9 Å². The van der Waals surface area contributed by atoms with E-state index in [1.165, 1.54) is 6.92 Å². The second kappa shape index (κ2) is 13.6. The van der Waals surface area contributed by atoms with E-state index in [0.717, 1.165) is 10.8 Å². The van der Waals surface area contributed by atoms with Crippen LogP contribution < -0.4 is 15.3 Å². The summed E-state index contributed by atoms with van der Waals surface area (Å²) in [5.41, 5.74) is 5.27. The summed E-state index contributed by atoms with van der Waals surface area (Å²) >= 11 is 0. The molecule has 13 heteroatoms. The van der Waals surface area contributed by atoms with Gasteiger partial charge in [0.05, 0.1) is 11.0 Å². The highest BCUT2D eigenvalue weighted by Gasteiger charge is 2.40. The fraction of sp³-hybridized carbons (Fsp3) is 0.382. The smallest absolute Gasteiger partial charge is 0.459 e. The van der Waals surface area contributed by atoms with Crippen LogP contribution in [0.3, 0.4) is 0 Å². The van der Waals surface area contributed by atoms with E-state index in [4.69, 9.17) is 29.2 Å². The second-order valence-corrected chi connectivity index (χ2v) is 14.0. The summed E-state index contributed by atoms with van der Waals surface area (Å²) in [6.45, 7) is 10.3. The molecule has 0 aliphatic carbocycles. The Morgan fingerprint density at radius 3 is 2.45 bits per heavy atom. The Bertz CT molecular complexity index is 1960. The maximum absolute atomic E-state index is 14.6. The van der Waals surface area contributed by atoms with Crippen LogP contribution >= 0.6 is 7.75 Å². The van der Waals surface area contributed by atoms with Crippen molar-refractivity contribution >= 4 is 52.2 Å².